The van der Waals surface area contributed by atoms with Gasteiger partial charge >= 0.3 is 0 Å². The fourth-order valence-corrected chi connectivity index (χ4v) is 5.21. The maximum absolute atomic E-state index is 12.9. The first-order valence-electron chi connectivity index (χ1n) is 8.70. The molecule has 1 heterocycles. The minimum Gasteiger partial charge on any atom is -0.488 e. The molecule has 0 spiro atoms. The second kappa shape index (κ2) is 8.98. The minimum absolute atomic E-state index is 0.0980. The van der Waals surface area contributed by atoms with E-state index in [-0.39, 0.29) is 18.1 Å². The standard InChI is InChI=1S/C21H18BrCl2NO2S2/c1-21(2,3)25-19(26)18(29-20(25)28)9-13-8-14(22)5-7-17(13)27-11-12-4-6-15(23)10-16(12)24/h4-10H,11H2,1-3H3/b18-9+. The Labute approximate surface area is 198 Å². The summed E-state index contributed by atoms with van der Waals surface area (Å²) < 4.78 is 7.44. The molecular formula is C21H18BrCl2NO2S2. The van der Waals surface area contributed by atoms with Crippen LogP contribution in [0.25, 0.3) is 6.08 Å². The van der Waals surface area contributed by atoms with Gasteiger partial charge < -0.3 is 4.74 Å². The van der Waals surface area contributed by atoms with Gasteiger partial charge in [0.05, 0.1) is 4.91 Å². The van der Waals surface area contributed by atoms with Crippen LogP contribution in [-0.4, -0.2) is 20.7 Å². The number of hydrogen-bond donors (Lipinski definition) is 0. The zero-order valence-electron chi connectivity index (χ0n) is 16.0. The van der Waals surface area contributed by atoms with E-state index in [1.807, 2.05) is 51.1 Å². The van der Waals surface area contributed by atoms with Gasteiger partial charge in [0.1, 0.15) is 16.7 Å². The molecule has 29 heavy (non-hydrogen) atoms. The highest BCUT2D eigenvalue weighted by Gasteiger charge is 2.39. The number of carbonyl (C=O) groups is 1. The van der Waals surface area contributed by atoms with Crippen LogP contribution in [0.5, 0.6) is 5.75 Å². The lowest BCUT2D eigenvalue weighted by Crippen LogP contribution is -2.44. The molecule has 0 unspecified atom stereocenters. The van der Waals surface area contributed by atoms with Crippen molar-refractivity contribution in [2.24, 2.45) is 0 Å². The van der Waals surface area contributed by atoms with Crippen molar-refractivity contribution >= 4 is 79.4 Å². The van der Waals surface area contributed by atoms with Crippen LogP contribution in [0.2, 0.25) is 10.0 Å². The van der Waals surface area contributed by atoms with E-state index >= 15 is 0 Å². The SMILES string of the molecule is CC(C)(C)N1C(=O)/C(=C\c2cc(Br)ccc2OCc2ccc(Cl)cc2Cl)SC1=S. The molecule has 2 aromatic carbocycles. The van der Waals surface area contributed by atoms with Gasteiger partial charge in [0.2, 0.25) is 0 Å². The fraction of sp³-hybridized carbons (Fsp3) is 0.238. The molecule has 2 aromatic rings. The number of rotatable bonds is 4. The van der Waals surface area contributed by atoms with Gasteiger partial charge in [-0.1, -0.05) is 69.2 Å². The Bertz CT molecular complexity index is 1020. The summed E-state index contributed by atoms with van der Waals surface area (Å²) in [4.78, 5) is 15.1. The Morgan fingerprint density at radius 2 is 1.93 bits per heavy atom. The van der Waals surface area contributed by atoms with Gasteiger partial charge in [-0.25, -0.2) is 0 Å². The summed E-state index contributed by atoms with van der Waals surface area (Å²) in [7, 11) is 0. The van der Waals surface area contributed by atoms with Crippen molar-refractivity contribution in [1.82, 2.24) is 4.90 Å². The number of thioether (sulfide) groups is 1. The first-order valence-corrected chi connectivity index (χ1v) is 11.5. The van der Waals surface area contributed by atoms with E-state index in [2.05, 4.69) is 15.9 Å². The van der Waals surface area contributed by atoms with E-state index in [4.69, 9.17) is 40.2 Å². The summed E-state index contributed by atoms with van der Waals surface area (Å²) in [5, 5.41) is 1.12. The Morgan fingerprint density at radius 3 is 2.55 bits per heavy atom. The number of ether oxygens (including phenoxy) is 1. The lowest BCUT2D eigenvalue weighted by Gasteiger charge is -2.30. The first kappa shape index (κ1) is 22.6. The predicted octanol–water partition coefficient (Wildman–Crippen LogP) is 7.33. The number of halogens is 3. The molecule has 0 aromatic heterocycles. The highest BCUT2D eigenvalue weighted by molar-refractivity contribution is 9.10. The summed E-state index contributed by atoms with van der Waals surface area (Å²) in [5.41, 5.74) is 1.22. The molecule has 0 saturated carbocycles. The summed E-state index contributed by atoms with van der Waals surface area (Å²) in [6.07, 6.45) is 1.81. The predicted molar refractivity (Wildman–Crippen MR) is 130 cm³/mol. The number of hydrogen-bond acceptors (Lipinski definition) is 4. The van der Waals surface area contributed by atoms with E-state index in [0.29, 0.717) is 25.0 Å². The number of amides is 1. The van der Waals surface area contributed by atoms with Crippen molar-refractivity contribution in [3.05, 3.63) is 66.9 Å². The van der Waals surface area contributed by atoms with Crippen LogP contribution < -0.4 is 4.74 Å². The molecule has 1 fully saturated rings. The Balaban J connectivity index is 1.89. The van der Waals surface area contributed by atoms with E-state index in [1.54, 1.807) is 17.0 Å². The summed E-state index contributed by atoms with van der Waals surface area (Å²) in [5.74, 6) is 0.541. The van der Waals surface area contributed by atoms with Crippen molar-refractivity contribution in [3.63, 3.8) is 0 Å². The van der Waals surface area contributed by atoms with E-state index in [9.17, 15) is 4.79 Å². The molecule has 0 aliphatic carbocycles. The largest absolute Gasteiger partial charge is 0.488 e. The van der Waals surface area contributed by atoms with Crippen molar-refractivity contribution in [2.75, 3.05) is 0 Å². The van der Waals surface area contributed by atoms with E-state index < -0.39 is 0 Å². The molecule has 3 rings (SSSR count). The maximum atomic E-state index is 12.9. The molecule has 1 aliphatic heterocycles. The maximum Gasteiger partial charge on any atom is 0.266 e. The van der Waals surface area contributed by atoms with Crippen LogP contribution in [0.15, 0.2) is 45.8 Å². The Kier molecular flexibility index (Phi) is 7.01. The van der Waals surface area contributed by atoms with Crippen LogP contribution in [0.1, 0.15) is 31.9 Å². The third-order valence-electron chi connectivity index (χ3n) is 4.12. The van der Waals surface area contributed by atoms with Crippen LogP contribution in [0.3, 0.4) is 0 Å². The third kappa shape index (κ3) is 5.36. The number of benzene rings is 2. The van der Waals surface area contributed by atoms with Crippen molar-refractivity contribution < 1.29 is 9.53 Å². The van der Waals surface area contributed by atoms with Crippen LogP contribution in [0.4, 0.5) is 0 Å². The molecule has 0 N–H and O–H groups in total. The number of nitrogens with zero attached hydrogens (tertiary/aromatic N) is 1. The van der Waals surface area contributed by atoms with Crippen molar-refractivity contribution in [3.8, 4) is 5.75 Å². The van der Waals surface area contributed by atoms with Crippen molar-refractivity contribution in [2.45, 2.75) is 32.9 Å². The zero-order chi connectivity index (χ0) is 21.3. The van der Waals surface area contributed by atoms with Gasteiger partial charge in [-0.05, 0) is 57.2 Å². The molecule has 8 heteroatoms. The third-order valence-corrected chi connectivity index (χ3v) is 6.50. The molecular weight excluding hydrogens is 513 g/mol. The molecule has 152 valence electrons. The Morgan fingerprint density at radius 1 is 1.21 bits per heavy atom. The van der Waals surface area contributed by atoms with Gasteiger partial charge in [-0.2, -0.15) is 0 Å². The highest BCUT2D eigenvalue weighted by Crippen LogP contribution is 2.38. The molecule has 3 nitrogen and oxygen atoms in total. The van der Waals surface area contributed by atoms with Gasteiger partial charge in [-0.15, -0.1) is 0 Å². The average molecular weight is 531 g/mol. The second-order valence-electron chi connectivity index (χ2n) is 7.39. The number of thiocarbonyl (C=S) groups is 1. The van der Waals surface area contributed by atoms with E-state index in [1.165, 1.54) is 11.8 Å². The fourth-order valence-electron chi connectivity index (χ4n) is 2.75. The van der Waals surface area contributed by atoms with Crippen molar-refractivity contribution in [1.29, 1.82) is 0 Å². The van der Waals surface area contributed by atoms with Crippen LogP contribution in [0, 0.1) is 0 Å². The minimum atomic E-state index is -0.376. The molecule has 0 radical (unpaired) electrons. The summed E-state index contributed by atoms with van der Waals surface area (Å²) >= 11 is 22.4. The van der Waals surface area contributed by atoms with Crippen LogP contribution in [-0.2, 0) is 11.4 Å². The van der Waals surface area contributed by atoms with Gasteiger partial charge in [0.25, 0.3) is 5.91 Å². The lowest BCUT2D eigenvalue weighted by atomic mass is 10.1. The smallest absolute Gasteiger partial charge is 0.266 e. The normalized spacial score (nSPS) is 16.1. The lowest BCUT2D eigenvalue weighted by molar-refractivity contribution is -0.125. The summed E-state index contributed by atoms with van der Waals surface area (Å²) in [6.45, 7) is 6.17. The highest BCUT2D eigenvalue weighted by atomic mass is 79.9. The zero-order valence-corrected chi connectivity index (χ0v) is 20.7. The first-order chi connectivity index (χ1) is 13.6. The van der Waals surface area contributed by atoms with Gasteiger partial charge in [0, 0.05) is 31.2 Å². The monoisotopic (exact) mass is 529 g/mol. The number of carbonyl (C=O) groups excluding carboxylic acids is 1. The quantitative estimate of drug-likeness (QED) is 0.305. The topological polar surface area (TPSA) is 29.5 Å². The molecule has 1 saturated heterocycles. The second-order valence-corrected chi connectivity index (χ2v) is 10.8. The summed E-state index contributed by atoms with van der Waals surface area (Å²) in [6, 6.07) is 10.9. The van der Waals surface area contributed by atoms with Gasteiger partial charge in [0.15, 0.2) is 0 Å². The molecule has 0 atom stereocenters. The molecule has 0 bridgehead atoms. The van der Waals surface area contributed by atoms with E-state index in [0.717, 1.165) is 15.6 Å². The van der Waals surface area contributed by atoms with Crippen LogP contribution >= 0.6 is 63.1 Å². The average Bonchev–Trinajstić information content (AvgIpc) is 2.89. The molecule has 1 amide bonds. The van der Waals surface area contributed by atoms with Gasteiger partial charge in [-0.3, -0.25) is 9.69 Å². The Hall–Kier alpha value is -1.05. The molecule has 1 aliphatic rings.